The lowest BCUT2D eigenvalue weighted by Gasteiger charge is -2.52. The van der Waals surface area contributed by atoms with E-state index in [0.717, 1.165) is 41.1 Å². The average molecular weight is 593 g/mol. The summed E-state index contributed by atoms with van der Waals surface area (Å²) >= 11 is 0. The SMILES string of the molecule is CC(C)(O)c1cc(C(=O)N2CCN([C@H]3C[C@@](CC#N)(n4cc(-c5ccnc6[nH]ccc56)cn4)C3)CC2)nc(C(F)(F)F)c1. The number of piperazine rings is 1. The number of amides is 1. The summed E-state index contributed by atoms with van der Waals surface area (Å²) in [4.78, 5) is 28.0. The lowest BCUT2D eigenvalue weighted by Crippen LogP contribution is -2.60. The average Bonchev–Trinajstić information content (AvgIpc) is 3.64. The van der Waals surface area contributed by atoms with Crippen LogP contribution in [0.3, 0.4) is 0 Å². The summed E-state index contributed by atoms with van der Waals surface area (Å²) in [6.07, 6.45) is 4.37. The van der Waals surface area contributed by atoms with Crippen molar-refractivity contribution >= 4 is 16.9 Å². The molecule has 1 aliphatic carbocycles. The van der Waals surface area contributed by atoms with Crippen LogP contribution in [0.15, 0.2) is 49.1 Å². The molecule has 0 aromatic carbocycles. The summed E-state index contributed by atoms with van der Waals surface area (Å²) < 4.78 is 42.4. The third-order valence-corrected chi connectivity index (χ3v) is 8.64. The number of nitrogens with zero attached hydrogens (tertiary/aromatic N) is 7. The molecule has 0 radical (unpaired) electrons. The van der Waals surface area contributed by atoms with Crippen LogP contribution in [0.2, 0.25) is 0 Å². The third kappa shape index (κ3) is 5.36. The summed E-state index contributed by atoms with van der Waals surface area (Å²) in [7, 11) is 0. The molecule has 224 valence electrons. The van der Waals surface area contributed by atoms with Crippen LogP contribution in [-0.2, 0) is 17.3 Å². The smallest absolute Gasteiger partial charge is 0.386 e. The van der Waals surface area contributed by atoms with Gasteiger partial charge in [0, 0.05) is 61.8 Å². The molecule has 2 fully saturated rings. The standard InChI is InChI=1S/C30H31F3N8O2/c1-28(2,43)20-13-24(38-25(14-20)30(31,32)33)27(42)40-11-9-39(10-12-40)21-15-29(16-21,5-6-34)41-18-19(17-37-41)22-3-7-35-26-23(22)4-8-36-26/h3-4,7-8,13-14,17-18,21,43H,5,9-12,15-16H2,1-2H3,(H,35,36)/t21-,29+. The Morgan fingerprint density at radius 1 is 1.19 bits per heavy atom. The largest absolute Gasteiger partial charge is 0.433 e. The van der Waals surface area contributed by atoms with Crippen LogP contribution in [0.4, 0.5) is 13.2 Å². The van der Waals surface area contributed by atoms with E-state index in [1.54, 1.807) is 6.20 Å². The fraction of sp³-hybridized carbons (Fsp3) is 0.433. The molecule has 6 rings (SSSR count). The molecule has 1 saturated heterocycles. The number of carbonyl (C=O) groups is 1. The monoisotopic (exact) mass is 592 g/mol. The van der Waals surface area contributed by atoms with Crippen molar-refractivity contribution in [2.75, 3.05) is 26.2 Å². The highest BCUT2D eigenvalue weighted by Crippen LogP contribution is 2.45. The zero-order chi connectivity index (χ0) is 30.6. The van der Waals surface area contributed by atoms with Crippen LogP contribution in [-0.4, -0.2) is 77.8 Å². The van der Waals surface area contributed by atoms with E-state index in [-0.39, 0.29) is 17.3 Å². The number of aliphatic hydroxyl groups is 1. The normalized spacial score (nSPS) is 21.5. The number of pyridine rings is 2. The van der Waals surface area contributed by atoms with Crippen LogP contribution < -0.4 is 0 Å². The second kappa shape index (κ2) is 10.5. The van der Waals surface area contributed by atoms with E-state index in [1.165, 1.54) is 24.8 Å². The number of hydrogen-bond donors (Lipinski definition) is 2. The lowest BCUT2D eigenvalue weighted by molar-refractivity contribution is -0.141. The molecule has 43 heavy (non-hydrogen) atoms. The second-order valence-corrected chi connectivity index (χ2v) is 11.9. The summed E-state index contributed by atoms with van der Waals surface area (Å²) in [6.45, 7) is 4.48. The summed E-state index contributed by atoms with van der Waals surface area (Å²) in [5.74, 6) is -0.597. The maximum Gasteiger partial charge on any atom is 0.433 e. The molecule has 2 N–H and O–H groups in total. The van der Waals surface area contributed by atoms with E-state index in [1.807, 2.05) is 35.4 Å². The topological polar surface area (TPSA) is 127 Å². The van der Waals surface area contributed by atoms with E-state index in [2.05, 4.69) is 31.0 Å². The molecule has 0 unspecified atom stereocenters. The van der Waals surface area contributed by atoms with Gasteiger partial charge in [-0.15, -0.1) is 0 Å². The number of rotatable bonds is 6. The first-order chi connectivity index (χ1) is 20.4. The van der Waals surface area contributed by atoms with Gasteiger partial charge in [0.25, 0.3) is 5.91 Å². The van der Waals surface area contributed by atoms with E-state index in [9.17, 15) is 28.3 Å². The third-order valence-electron chi connectivity index (χ3n) is 8.64. The minimum atomic E-state index is -4.75. The molecular weight excluding hydrogens is 561 g/mol. The fourth-order valence-corrected chi connectivity index (χ4v) is 6.16. The Morgan fingerprint density at radius 2 is 1.93 bits per heavy atom. The van der Waals surface area contributed by atoms with Gasteiger partial charge in [-0.1, -0.05) is 0 Å². The summed E-state index contributed by atoms with van der Waals surface area (Å²) in [6, 6.07) is 8.44. The van der Waals surface area contributed by atoms with Crippen LogP contribution >= 0.6 is 0 Å². The molecule has 5 heterocycles. The maximum atomic E-state index is 13.5. The highest BCUT2D eigenvalue weighted by atomic mass is 19.4. The molecule has 0 bridgehead atoms. The van der Waals surface area contributed by atoms with E-state index >= 15 is 0 Å². The van der Waals surface area contributed by atoms with E-state index in [0.29, 0.717) is 32.6 Å². The number of nitrogens with one attached hydrogen (secondary N) is 1. The molecule has 1 saturated carbocycles. The quantitative estimate of drug-likeness (QED) is 0.342. The molecule has 13 heteroatoms. The Kier molecular flexibility index (Phi) is 7.01. The zero-order valence-electron chi connectivity index (χ0n) is 23.8. The number of carbonyl (C=O) groups excluding carboxylic acids is 1. The van der Waals surface area contributed by atoms with Gasteiger partial charge in [-0.25, -0.2) is 9.97 Å². The minimum absolute atomic E-state index is 0.0247. The molecule has 1 aliphatic heterocycles. The Labute approximate surface area is 245 Å². The highest BCUT2D eigenvalue weighted by Gasteiger charge is 2.49. The number of halogens is 3. The van der Waals surface area contributed by atoms with Crippen molar-refractivity contribution in [3.05, 3.63) is 66.0 Å². The first-order valence-electron chi connectivity index (χ1n) is 14.1. The van der Waals surface area contributed by atoms with Gasteiger partial charge in [0.15, 0.2) is 0 Å². The highest BCUT2D eigenvalue weighted by molar-refractivity contribution is 5.93. The first kappa shape index (κ1) is 28.8. The number of nitriles is 1. The number of alkyl halides is 3. The molecule has 1 amide bonds. The predicted octanol–water partition coefficient (Wildman–Crippen LogP) is 4.30. The van der Waals surface area contributed by atoms with Gasteiger partial charge < -0.3 is 15.0 Å². The van der Waals surface area contributed by atoms with Crippen LogP contribution in [0.1, 0.15) is 54.9 Å². The summed E-state index contributed by atoms with van der Waals surface area (Å²) in [5.41, 5.74) is -0.841. The van der Waals surface area contributed by atoms with Gasteiger partial charge in [0.1, 0.15) is 17.0 Å². The number of hydrogen-bond acceptors (Lipinski definition) is 7. The van der Waals surface area contributed by atoms with Gasteiger partial charge >= 0.3 is 6.18 Å². The Bertz CT molecular complexity index is 1670. The molecule has 4 aromatic rings. The number of H-pyrrole nitrogens is 1. The fourth-order valence-electron chi connectivity index (χ4n) is 6.16. The molecule has 0 atom stereocenters. The number of aromatic nitrogens is 5. The second-order valence-electron chi connectivity index (χ2n) is 11.9. The van der Waals surface area contributed by atoms with Crippen molar-refractivity contribution in [1.29, 1.82) is 5.26 Å². The zero-order valence-corrected chi connectivity index (χ0v) is 23.8. The molecule has 2 aliphatic rings. The van der Waals surface area contributed by atoms with Crippen LogP contribution in [0.25, 0.3) is 22.2 Å². The first-order valence-corrected chi connectivity index (χ1v) is 14.1. The van der Waals surface area contributed by atoms with Crippen molar-refractivity contribution in [2.45, 2.75) is 56.5 Å². The van der Waals surface area contributed by atoms with Crippen molar-refractivity contribution in [3.63, 3.8) is 0 Å². The van der Waals surface area contributed by atoms with Gasteiger partial charge in [-0.05, 0) is 62.1 Å². The van der Waals surface area contributed by atoms with E-state index < -0.39 is 28.9 Å². The number of fused-ring (bicyclic) bond motifs is 1. The Hall–Kier alpha value is -4.28. The van der Waals surface area contributed by atoms with Crippen LogP contribution in [0, 0.1) is 11.3 Å². The minimum Gasteiger partial charge on any atom is -0.386 e. The van der Waals surface area contributed by atoms with Gasteiger partial charge in [-0.2, -0.15) is 23.5 Å². The maximum absolute atomic E-state index is 13.5. The van der Waals surface area contributed by atoms with Crippen molar-refractivity contribution in [3.8, 4) is 17.2 Å². The van der Waals surface area contributed by atoms with E-state index in [4.69, 9.17) is 0 Å². The Morgan fingerprint density at radius 3 is 2.60 bits per heavy atom. The molecule has 0 spiro atoms. The van der Waals surface area contributed by atoms with Gasteiger partial charge in [-0.3, -0.25) is 14.4 Å². The van der Waals surface area contributed by atoms with Crippen molar-refractivity contribution in [2.24, 2.45) is 0 Å². The molecule has 10 nitrogen and oxygen atoms in total. The van der Waals surface area contributed by atoms with Crippen molar-refractivity contribution < 1.29 is 23.1 Å². The van der Waals surface area contributed by atoms with Crippen molar-refractivity contribution in [1.82, 2.24) is 34.5 Å². The molecular formula is C30H31F3N8O2. The predicted molar refractivity (Wildman–Crippen MR) is 151 cm³/mol. The van der Waals surface area contributed by atoms with Gasteiger partial charge in [0.05, 0.1) is 29.8 Å². The van der Waals surface area contributed by atoms with Crippen LogP contribution in [0.5, 0.6) is 0 Å². The molecule has 4 aromatic heterocycles. The van der Waals surface area contributed by atoms with Gasteiger partial charge in [0.2, 0.25) is 0 Å². The Balaban J connectivity index is 1.13. The number of aromatic amines is 1. The lowest BCUT2D eigenvalue weighted by atomic mass is 9.70. The summed E-state index contributed by atoms with van der Waals surface area (Å²) in [5, 5.41) is 25.6.